The average molecular weight is 183 g/mol. The zero-order valence-electron chi connectivity index (χ0n) is 6.75. The van der Waals surface area contributed by atoms with Gasteiger partial charge in [-0.1, -0.05) is 24.3 Å². The van der Waals surface area contributed by atoms with Crippen molar-refractivity contribution in [2.45, 2.75) is 20.3 Å². The summed E-state index contributed by atoms with van der Waals surface area (Å²) in [6.45, 7) is 10.0. The molecule has 0 radical (unpaired) electrons. The SMILES string of the molecule is C1=CCC=C1.[CH2-]C.[CH2-]C.[Ni+2]. The van der Waals surface area contributed by atoms with E-state index in [4.69, 9.17) is 0 Å². The van der Waals surface area contributed by atoms with Crippen LogP contribution in [-0.2, 0) is 16.5 Å². The van der Waals surface area contributed by atoms with Crippen LogP contribution in [0.1, 0.15) is 20.3 Å². The molecule has 10 heavy (non-hydrogen) atoms. The smallest absolute Gasteiger partial charge is 0.346 e. The van der Waals surface area contributed by atoms with E-state index in [-0.39, 0.29) is 16.5 Å². The second-order valence-corrected chi connectivity index (χ2v) is 1.09. The maximum Gasteiger partial charge on any atom is 2.00 e. The summed E-state index contributed by atoms with van der Waals surface area (Å²) < 4.78 is 0. The first-order chi connectivity index (χ1) is 4.50. The first-order valence-corrected chi connectivity index (χ1v) is 3.23. The first-order valence-electron chi connectivity index (χ1n) is 3.23. The summed E-state index contributed by atoms with van der Waals surface area (Å²) in [5.74, 6) is 0. The molecule has 0 aromatic rings. The third kappa shape index (κ3) is 15.7. The van der Waals surface area contributed by atoms with E-state index >= 15 is 0 Å². The third-order valence-electron chi connectivity index (χ3n) is 0.655. The molecule has 0 aromatic carbocycles. The van der Waals surface area contributed by atoms with Gasteiger partial charge in [-0.25, -0.2) is 0 Å². The van der Waals surface area contributed by atoms with Crippen LogP contribution in [0, 0.1) is 13.8 Å². The molecule has 0 unspecified atom stereocenters. The van der Waals surface area contributed by atoms with E-state index in [9.17, 15) is 0 Å². The summed E-state index contributed by atoms with van der Waals surface area (Å²) in [7, 11) is 0. The predicted octanol–water partition coefficient (Wildman–Crippen LogP) is 3.18. The maximum atomic E-state index is 3.25. The Morgan fingerprint density at radius 1 is 0.900 bits per heavy atom. The molecule has 0 heterocycles. The van der Waals surface area contributed by atoms with Gasteiger partial charge in [-0.2, -0.15) is 13.8 Å². The number of hydrogen-bond acceptors (Lipinski definition) is 0. The second-order valence-electron chi connectivity index (χ2n) is 1.09. The molecule has 0 N–H and O–H groups in total. The Balaban J connectivity index is -0.0000000875. The Morgan fingerprint density at radius 2 is 1.20 bits per heavy atom. The van der Waals surface area contributed by atoms with Crippen LogP contribution in [0.3, 0.4) is 0 Å². The van der Waals surface area contributed by atoms with Gasteiger partial charge in [0.2, 0.25) is 0 Å². The molecule has 0 spiro atoms. The molecule has 0 aromatic heterocycles. The molecule has 62 valence electrons. The molecule has 1 rings (SSSR count). The molecular formula is C9H16Ni. The topological polar surface area (TPSA) is 0 Å². The van der Waals surface area contributed by atoms with Crippen LogP contribution in [-0.4, -0.2) is 0 Å². The van der Waals surface area contributed by atoms with Crippen molar-refractivity contribution in [2.75, 3.05) is 0 Å². The van der Waals surface area contributed by atoms with E-state index < -0.39 is 0 Å². The van der Waals surface area contributed by atoms with Crippen molar-refractivity contribution in [1.82, 2.24) is 0 Å². The van der Waals surface area contributed by atoms with Crippen LogP contribution in [0.15, 0.2) is 24.3 Å². The number of hydrogen-bond donors (Lipinski definition) is 0. The van der Waals surface area contributed by atoms with Crippen molar-refractivity contribution in [3.63, 3.8) is 0 Å². The Kier molecular flexibility index (Phi) is 38.1. The minimum atomic E-state index is 0. The van der Waals surface area contributed by atoms with Gasteiger partial charge in [0.05, 0.1) is 0 Å². The third-order valence-corrected chi connectivity index (χ3v) is 0.655. The fourth-order valence-electron chi connectivity index (χ4n) is 0.393. The fourth-order valence-corrected chi connectivity index (χ4v) is 0.393. The van der Waals surface area contributed by atoms with Crippen molar-refractivity contribution in [3.8, 4) is 0 Å². The van der Waals surface area contributed by atoms with Crippen LogP contribution in [0.25, 0.3) is 0 Å². The fraction of sp³-hybridized carbons (Fsp3) is 0.333. The van der Waals surface area contributed by atoms with Crippen LogP contribution < -0.4 is 0 Å². The van der Waals surface area contributed by atoms with Crippen molar-refractivity contribution in [2.24, 2.45) is 0 Å². The van der Waals surface area contributed by atoms with E-state index in [0.29, 0.717) is 0 Å². The summed E-state index contributed by atoms with van der Waals surface area (Å²) >= 11 is 0. The number of rotatable bonds is 0. The first kappa shape index (κ1) is 16.5. The van der Waals surface area contributed by atoms with Gasteiger partial charge in [0.1, 0.15) is 0 Å². The largest absolute Gasteiger partial charge is 2.00 e. The van der Waals surface area contributed by atoms with Crippen LogP contribution in [0.2, 0.25) is 0 Å². The molecule has 0 saturated carbocycles. The van der Waals surface area contributed by atoms with E-state index in [1.807, 2.05) is 0 Å². The predicted molar refractivity (Wildman–Crippen MR) is 45.0 cm³/mol. The molecule has 0 saturated heterocycles. The van der Waals surface area contributed by atoms with E-state index in [1.54, 1.807) is 13.8 Å². The van der Waals surface area contributed by atoms with E-state index in [2.05, 4.69) is 38.2 Å². The second kappa shape index (κ2) is 23.1. The molecule has 0 atom stereocenters. The molecule has 0 fully saturated rings. The standard InChI is InChI=1S/C5H6.2C2H5.Ni/c1-2-4-5-3-1;2*1-2;/h1-4H,5H2;2*1H2,2H3;/q;2*-1;+2. The van der Waals surface area contributed by atoms with Crippen LogP contribution >= 0.6 is 0 Å². The molecule has 1 heteroatoms. The Morgan fingerprint density at radius 3 is 1.30 bits per heavy atom. The summed E-state index contributed by atoms with van der Waals surface area (Å²) in [4.78, 5) is 0. The van der Waals surface area contributed by atoms with Gasteiger partial charge in [0.15, 0.2) is 0 Å². The van der Waals surface area contributed by atoms with Gasteiger partial charge < -0.3 is 13.8 Å². The number of allylic oxidation sites excluding steroid dienone is 4. The normalized spacial score (nSPS) is 10.0. The monoisotopic (exact) mass is 182 g/mol. The minimum Gasteiger partial charge on any atom is -0.346 e. The summed E-state index contributed by atoms with van der Waals surface area (Å²) in [5, 5.41) is 0. The Hall–Kier alpha value is -0.0265. The quantitative estimate of drug-likeness (QED) is 0.399. The van der Waals surface area contributed by atoms with Gasteiger partial charge in [0, 0.05) is 0 Å². The molecular weight excluding hydrogens is 167 g/mol. The molecule has 0 bridgehead atoms. The molecule has 1 aliphatic rings. The summed E-state index contributed by atoms with van der Waals surface area (Å²) in [6, 6.07) is 0. The van der Waals surface area contributed by atoms with Gasteiger partial charge >= 0.3 is 16.5 Å². The maximum absolute atomic E-state index is 3.25. The molecule has 0 amide bonds. The van der Waals surface area contributed by atoms with Crippen LogP contribution in [0.4, 0.5) is 0 Å². The molecule has 0 aliphatic heterocycles. The Bertz CT molecular complexity index is 62.8. The van der Waals surface area contributed by atoms with E-state index in [0.717, 1.165) is 6.42 Å². The summed E-state index contributed by atoms with van der Waals surface area (Å²) in [5.41, 5.74) is 0. The molecule has 1 aliphatic carbocycles. The van der Waals surface area contributed by atoms with Crippen molar-refractivity contribution >= 4 is 0 Å². The van der Waals surface area contributed by atoms with Gasteiger partial charge in [-0.3, -0.25) is 0 Å². The Labute approximate surface area is 75.3 Å². The van der Waals surface area contributed by atoms with Crippen molar-refractivity contribution in [3.05, 3.63) is 38.2 Å². The zero-order valence-corrected chi connectivity index (χ0v) is 7.73. The van der Waals surface area contributed by atoms with Gasteiger partial charge in [-0.05, 0) is 6.42 Å². The van der Waals surface area contributed by atoms with Crippen molar-refractivity contribution in [1.29, 1.82) is 0 Å². The van der Waals surface area contributed by atoms with Gasteiger partial charge in [0.25, 0.3) is 0 Å². The summed E-state index contributed by atoms with van der Waals surface area (Å²) in [6.07, 6.45) is 9.50. The van der Waals surface area contributed by atoms with Gasteiger partial charge in [-0.15, -0.1) is 0 Å². The van der Waals surface area contributed by atoms with E-state index in [1.165, 1.54) is 0 Å². The van der Waals surface area contributed by atoms with Crippen LogP contribution in [0.5, 0.6) is 0 Å². The average Bonchev–Trinajstić information content (AvgIpc) is 2.51. The molecule has 0 nitrogen and oxygen atoms in total. The minimum absolute atomic E-state index is 0. The van der Waals surface area contributed by atoms with Crippen molar-refractivity contribution < 1.29 is 16.5 Å². The zero-order chi connectivity index (χ0) is 7.54.